The molecule has 0 bridgehead atoms. The van der Waals surface area contributed by atoms with Crippen molar-refractivity contribution >= 4 is 66.3 Å². The number of aliphatic hydroxyl groups is 5. The second-order valence-electron chi connectivity index (χ2n) is 15.4. The summed E-state index contributed by atoms with van der Waals surface area (Å²) >= 11 is 0. The summed E-state index contributed by atoms with van der Waals surface area (Å²) in [5.74, 6) is -9.46. The van der Waals surface area contributed by atoms with E-state index in [1.54, 1.807) is 31.2 Å². The number of nitrogen functional groups attached to an aromatic ring is 1. The summed E-state index contributed by atoms with van der Waals surface area (Å²) in [6.45, 7) is -0.100. The fourth-order valence-corrected chi connectivity index (χ4v) is 7.33. The number of carboxylic acid groups (broad SMARTS) is 4. The van der Waals surface area contributed by atoms with Crippen molar-refractivity contribution < 1.29 is 103 Å². The van der Waals surface area contributed by atoms with Crippen molar-refractivity contribution in [1.29, 1.82) is 0 Å². The number of aromatic amines is 1. The van der Waals surface area contributed by atoms with Crippen LogP contribution in [0, 0.1) is 0 Å². The van der Waals surface area contributed by atoms with Crippen LogP contribution in [0.1, 0.15) is 56.3 Å². The minimum atomic E-state index is -5.48. The first kappa shape index (κ1) is 55.3. The molecule has 380 valence electrons. The van der Waals surface area contributed by atoms with E-state index in [-0.39, 0.29) is 23.5 Å². The maximum atomic E-state index is 13.2. The van der Waals surface area contributed by atoms with E-state index in [4.69, 9.17) is 34.5 Å². The molecule has 1 aromatic carbocycles. The number of carboxylic acids is 4. The van der Waals surface area contributed by atoms with Gasteiger partial charge in [0.05, 0.1) is 43.7 Å². The number of aromatic nitrogens is 4. The Balaban J connectivity index is 1.29. The van der Waals surface area contributed by atoms with Gasteiger partial charge in [-0.3, -0.25) is 42.8 Å². The number of benzene rings is 1. The number of aliphatic hydroxyl groups excluding tert-OH is 5. The van der Waals surface area contributed by atoms with Crippen molar-refractivity contribution in [2.45, 2.75) is 113 Å². The molecule has 69 heavy (non-hydrogen) atoms. The molecule has 1 fully saturated rings. The molecule has 4 rings (SSSR count). The molecule has 31 heteroatoms. The summed E-state index contributed by atoms with van der Waals surface area (Å²) < 4.78 is 33.3. The lowest BCUT2D eigenvalue weighted by molar-refractivity contribution is -0.192. The molecule has 2 aromatic heterocycles. The Labute approximate surface area is 388 Å². The largest absolute Gasteiger partial charge is 0.481 e. The van der Waals surface area contributed by atoms with E-state index >= 15 is 0 Å². The third-order valence-corrected chi connectivity index (χ3v) is 11.1. The Kier molecular flexibility index (Phi) is 19.9. The highest BCUT2D eigenvalue weighted by Crippen LogP contribution is 2.46. The van der Waals surface area contributed by atoms with Gasteiger partial charge in [-0.1, -0.05) is 12.1 Å². The van der Waals surface area contributed by atoms with Gasteiger partial charge in [0.1, 0.15) is 48.7 Å². The van der Waals surface area contributed by atoms with Crippen molar-refractivity contribution in [3.8, 4) is 0 Å². The van der Waals surface area contributed by atoms with Crippen molar-refractivity contribution in [1.82, 2.24) is 30.6 Å². The number of fused-ring (bicyclic) bond motifs is 1. The number of ether oxygens (including phenoxy) is 2. The first-order chi connectivity index (χ1) is 32.3. The van der Waals surface area contributed by atoms with Crippen molar-refractivity contribution in [2.24, 2.45) is 0 Å². The van der Waals surface area contributed by atoms with Gasteiger partial charge in [-0.05, 0) is 37.5 Å². The van der Waals surface area contributed by atoms with Gasteiger partial charge < -0.3 is 82.0 Å². The SMILES string of the molecule is CC(Nc1ccc(CC(O)C(O)C(O)COC2OC(COP(=O)(O)OC(CCC(=O)O)C(=O)NC(CCC(=O)O)C(=O)NC(CC(=O)O)C(=O)O)C(O)C2O)cc1)c1cnc2nc(N)[nH]c(=O)c2n1. The maximum Gasteiger partial charge on any atom is 0.473 e. The Morgan fingerprint density at radius 2 is 1.52 bits per heavy atom. The smallest absolute Gasteiger partial charge is 0.473 e. The number of amides is 2. The number of phosphoric ester groups is 1. The number of rotatable bonds is 28. The number of nitrogens with one attached hydrogen (secondary N) is 4. The number of carbonyl (C=O) groups excluding carboxylic acids is 2. The van der Waals surface area contributed by atoms with Crippen LogP contribution in [0.15, 0.2) is 35.3 Å². The zero-order chi connectivity index (χ0) is 51.3. The van der Waals surface area contributed by atoms with Gasteiger partial charge in [0, 0.05) is 24.9 Å². The molecule has 2 amide bonds. The zero-order valence-electron chi connectivity index (χ0n) is 36.1. The summed E-state index contributed by atoms with van der Waals surface area (Å²) in [6.07, 6.45) is -17.8. The highest BCUT2D eigenvalue weighted by atomic mass is 31.2. The highest BCUT2D eigenvalue weighted by Gasteiger charge is 2.46. The van der Waals surface area contributed by atoms with Crippen LogP contribution < -0.4 is 27.2 Å². The molecule has 0 saturated carbocycles. The average molecular weight is 1000 g/mol. The Bertz CT molecular complexity index is 2410. The molecule has 0 aliphatic carbocycles. The molecule has 1 aliphatic heterocycles. The van der Waals surface area contributed by atoms with E-state index in [1.807, 2.05) is 10.6 Å². The van der Waals surface area contributed by atoms with E-state index < -0.39 is 162 Å². The van der Waals surface area contributed by atoms with Crippen LogP contribution in [-0.2, 0) is 58.3 Å². The summed E-state index contributed by atoms with van der Waals surface area (Å²) in [5, 5.41) is 96.4. The number of phosphoric acid groups is 1. The van der Waals surface area contributed by atoms with Gasteiger partial charge in [-0.25, -0.2) is 19.3 Å². The second kappa shape index (κ2) is 24.8. The van der Waals surface area contributed by atoms with Crippen molar-refractivity contribution in [2.75, 3.05) is 24.3 Å². The lowest BCUT2D eigenvalue weighted by Crippen LogP contribution is -2.54. The fraction of sp³-hybridized carbons (Fsp3) is 0.526. The van der Waals surface area contributed by atoms with Crippen LogP contribution in [-0.4, -0.2) is 181 Å². The summed E-state index contributed by atoms with van der Waals surface area (Å²) in [4.78, 5) is 108. The molecule has 0 spiro atoms. The molecule has 0 radical (unpaired) electrons. The first-order valence-corrected chi connectivity index (χ1v) is 22.0. The third kappa shape index (κ3) is 16.7. The number of H-pyrrole nitrogens is 1. The summed E-state index contributed by atoms with van der Waals surface area (Å²) in [5.41, 5.74) is 6.63. The van der Waals surface area contributed by atoms with Crippen LogP contribution in [0.5, 0.6) is 0 Å². The Hall–Kier alpha value is -6.31. The summed E-state index contributed by atoms with van der Waals surface area (Å²) in [7, 11) is -5.48. The van der Waals surface area contributed by atoms with Crippen LogP contribution in [0.25, 0.3) is 11.2 Å². The topological polar surface area (TPSA) is 492 Å². The second-order valence-corrected chi connectivity index (χ2v) is 16.9. The molecular formula is C38H51N8O22P. The van der Waals surface area contributed by atoms with E-state index in [2.05, 4.69) is 25.3 Å². The van der Waals surface area contributed by atoms with Crippen LogP contribution in [0.3, 0.4) is 0 Å². The average Bonchev–Trinajstić information content (AvgIpc) is 3.55. The lowest BCUT2D eigenvalue weighted by atomic mass is 10.0. The number of carbonyl (C=O) groups is 6. The fourth-order valence-electron chi connectivity index (χ4n) is 6.41. The minimum Gasteiger partial charge on any atom is -0.481 e. The van der Waals surface area contributed by atoms with Gasteiger partial charge in [-0.15, -0.1) is 0 Å². The van der Waals surface area contributed by atoms with Crippen LogP contribution in [0.2, 0.25) is 0 Å². The molecule has 3 heterocycles. The number of hydrogen-bond donors (Lipinski definition) is 15. The van der Waals surface area contributed by atoms with E-state index in [9.17, 15) is 78.8 Å². The number of nitrogens with zero attached hydrogens (tertiary/aromatic N) is 3. The summed E-state index contributed by atoms with van der Waals surface area (Å²) in [6, 6.07) is 2.19. The van der Waals surface area contributed by atoms with Crippen molar-refractivity contribution in [3.63, 3.8) is 0 Å². The number of aliphatic carboxylic acids is 4. The van der Waals surface area contributed by atoms with Crippen molar-refractivity contribution in [3.05, 3.63) is 52.1 Å². The van der Waals surface area contributed by atoms with Gasteiger partial charge in [-0.2, -0.15) is 4.98 Å². The van der Waals surface area contributed by atoms with Gasteiger partial charge in [0.15, 0.2) is 17.5 Å². The molecular weight excluding hydrogens is 951 g/mol. The van der Waals surface area contributed by atoms with E-state index in [0.717, 1.165) is 0 Å². The van der Waals surface area contributed by atoms with E-state index in [1.165, 1.54) is 6.20 Å². The van der Waals surface area contributed by atoms with Gasteiger partial charge >= 0.3 is 31.7 Å². The minimum absolute atomic E-state index is 0.000270. The van der Waals surface area contributed by atoms with Crippen LogP contribution >= 0.6 is 7.82 Å². The van der Waals surface area contributed by atoms with E-state index in [0.29, 0.717) is 16.9 Å². The van der Waals surface area contributed by atoms with Gasteiger partial charge in [0.25, 0.3) is 5.56 Å². The normalized spacial score (nSPS) is 20.9. The van der Waals surface area contributed by atoms with Gasteiger partial charge in [0.2, 0.25) is 17.8 Å². The quantitative estimate of drug-likeness (QED) is 0.0312. The number of anilines is 2. The number of nitrogens with two attached hydrogens (primary N) is 1. The first-order valence-electron chi connectivity index (χ1n) is 20.5. The molecule has 16 N–H and O–H groups in total. The molecule has 1 saturated heterocycles. The number of hydrogen-bond acceptors (Lipinski definition) is 22. The molecule has 30 nitrogen and oxygen atoms in total. The zero-order valence-corrected chi connectivity index (χ0v) is 37.0. The third-order valence-electron chi connectivity index (χ3n) is 10.1. The molecule has 3 aromatic rings. The highest BCUT2D eigenvalue weighted by molar-refractivity contribution is 7.47. The Morgan fingerprint density at radius 1 is 0.884 bits per heavy atom. The Morgan fingerprint density at radius 3 is 2.14 bits per heavy atom. The predicted octanol–water partition coefficient (Wildman–Crippen LogP) is -3.68. The van der Waals surface area contributed by atoms with Crippen LogP contribution in [0.4, 0.5) is 11.6 Å². The monoisotopic (exact) mass is 1000 g/mol. The standard InChI is InChI=1S/C38H51N8O22P/c1-15(20-12-40-32-28(42-20)35(60)46-38(39)45-32)41-17-4-2-16(3-5-17)10-21(47)29(55)22(48)13-65-37-31(57)30(56)24(67-37)14-66-69(63,64)68-23(7-9-26(51)52)34(59)43-18(6-8-25(49)50)33(58)44-19(36(61)62)11-27(53)54/h2-5,12,15,18-19,21-24,29-31,37,41,47-48,55-57H,6-11,13-14H2,1H3,(H,43,59)(H,44,58)(H,49,50)(H,51,52)(H,53,54)(H,61,62)(H,63,64)(H3,39,40,45,46,60). The lowest BCUT2D eigenvalue weighted by Gasteiger charge is -2.25. The maximum absolute atomic E-state index is 13.2. The predicted molar refractivity (Wildman–Crippen MR) is 227 cm³/mol. The molecule has 1 aliphatic rings. The molecule has 12 unspecified atom stereocenters. The molecule has 12 atom stereocenters.